The van der Waals surface area contributed by atoms with Gasteiger partial charge in [0.25, 0.3) is 0 Å². The normalized spacial score (nSPS) is 22.8. The van der Waals surface area contributed by atoms with Gasteiger partial charge in [-0.2, -0.15) is 0 Å². The first kappa shape index (κ1) is 15.7. The second kappa shape index (κ2) is 7.29. The number of aliphatic hydroxyl groups is 1. The molecule has 6 heteroatoms. The Hall–Kier alpha value is -0.350. The van der Waals surface area contributed by atoms with Crippen LogP contribution in [-0.2, 0) is 0 Å². The summed E-state index contributed by atoms with van der Waals surface area (Å²) in [6, 6.07) is 0. The van der Waals surface area contributed by atoms with E-state index >= 15 is 0 Å². The molecule has 18 heavy (non-hydrogen) atoms. The Kier molecular flexibility index (Phi) is 6.36. The summed E-state index contributed by atoms with van der Waals surface area (Å²) in [7, 11) is 0. The minimum Gasteiger partial charge on any atom is -0.353 e. The highest BCUT2D eigenvalue weighted by Gasteiger charge is 2.39. The number of halogens is 1. The van der Waals surface area contributed by atoms with Crippen LogP contribution in [0.4, 0.5) is 0 Å². The van der Waals surface area contributed by atoms with Gasteiger partial charge in [-0.05, 0) is 12.8 Å². The highest BCUT2D eigenvalue weighted by atomic mass is 35.5. The Morgan fingerprint density at radius 2 is 1.33 bits per heavy atom. The van der Waals surface area contributed by atoms with E-state index in [1.807, 2.05) is 0 Å². The van der Waals surface area contributed by atoms with E-state index in [4.69, 9.17) is 0 Å². The molecule has 0 aliphatic carbocycles. The fourth-order valence-corrected chi connectivity index (χ4v) is 2.48. The molecule has 5 nitrogen and oxygen atoms in total. The zero-order chi connectivity index (χ0) is 12.1. The molecule has 0 saturated carbocycles. The molecular formula is C12H23ClN4O. The summed E-state index contributed by atoms with van der Waals surface area (Å²) >= 11 is 0. The van der Waals surface area contributed by atoms with Crippen LogP contribution in [0.2, 0.25) is 0 Å². The summed E-state index contributed by atoms with van der Waals surface area (Å²) in [6.07, 6.45) is 0. The van der Waals surface area contributed by atoms with Crippen molar-refractivity contribution in [2.45, 2.75) is 12.8 Å². The first-order chi connectivity index (χ1) is 8.27. The van der Waals surface area contributed by atoms with Crippen LogP contribution >= 0.6 is 12.4 Å². The zero-order valence-corrected chi connectivity index (χ0v) is 11.7. The minimum atomic E-state index is -1.08. The standard InChI is InChI=1S/C12H22N4O.ClH/c1-2-3-12(17,15-8-4-13-5-9-15)16-10-6-14-7-11-16;/h13-14,17H,4-11H2,1H3;1H. The highest BCUT2D eigenvalue weighted by Crippen LogP contribution is 2.18. The molecule has 0 atom stereocenters. The number of nitrogens with one attached hydrogen (secondary N) is 2. The van der Waals surface area contributed by atoms with E-state index in [1.165, 1.54) is 0 Å². The average molecular weight is 275 g/mol. The molecule has 2 heterocycles. The van der Waals surface area contributed by atoms with Gasteiger partial charge in [-0.25, -0.2) is 9.80 Å². The number of hydrogen-bond acceptors (Lipinski definition) is 5. The summed E-state index contributed by atoms with van der Waals surface area (Å²) in [5.74, 6) is 4.79. The minimum absolute atomic E-state index is 0. The lowest BCUT2D eigenvalue weighted by molar-refractivity contribution is -0.178. The van der Waals surface area contributed by atoms with Crippen LogP contribution in [0.3, 0.4) is 0 Å². The first-order valence-electron chi connectivity index (χ1n) is 6.35. The number of nitrogens with zero attached hydrogens (tertiary/aromatic N) is 2. The molecule has 0 radical (unpaired) electrons. The number of piperazine rings is 2. The van der Waals surface area contributed by atoms with Crippen LogP contribution in [0.5, 0.6) is 0 Å². The molecule has 3 N–H and O–H groups in total. The number of rotatable bonds is 2. The Balaban J connectivity index is 0.00000162. The SMILES string of the molecule is CC#CC(O)(N1CCNCC1)N1CCNCC1.Cl. The van der Waals surface area contributed by atoms with E-state index in [9.17, 15) is 5.11 Å². The lowest BCUT2D eigenvalue weighted by Gasteiger charge is -2.46. The molecule has 0 spiro atoms. The van der Waals surface area contributed by atoms with Crippen molar-refractivity contribution in [3.63, 3.8) is 0 Å². The van der Waals surface area contributed by atoms with Crippen molar-refractivity contribution in [3.05, 3.63) is 0 Å². The van der Waals surface area contributed by atoms with Crippen LogP contribution < -0.4 is 10.6 Å². The predicted octanol–water partition coefficient (Wildman–Crippen LogP) is -1.11. The molecule has 2 aliphatic rings. The summed E-state index contributed by atoms with van der Waals surface area (Å²) in [5.41, 5.74) is 0. The van der Waals surface area contributed by atoms with E-state index in [0.29, 0.717) is 0 Å². The maximum Gasteiger partial charge on any atom is 0.243 e. The van der Waals surface area contributed by atoms with E-state index < -0.39 is 5.85 Å². The van der Waals surface area contributed by atoms with E-state index in [-0.39, 0.29) is 12.4 Å². The fourth-order valence-electron chi connectivity index (χ4n) is 2.48. The second-order valence-electron chi connectivity index (χ2n) is 4.48. The summed E-state index contributed by atoms with van der Waals surface area (Å²) in [4.78, 5) is 4.15. The highest BCUT2D eigenvalue weighted by molar-refractivity contribution is 5.85. The molecule has 0 unspecified atom stereocenters. The smallest absolute Gasteiger partial charge is 0.243 e. The van der Waals surface area contributed by atoms with E-state index in [2.05, 4.69) is 32.3 Å². The maximum atomic E-state index is 10.9. The predicted molar refractivity (Wildman–Crippen MR) is 74.5 cm³/mol. The molecule has 2 rings (SSSR count). The second-order valence-corrected chi connectivity index (χ2v) is 4.48. The van der Waals surface area contributed by atoms with Gasteiger partial charge in [0.2, 0.25) is 5.85 Å². The van der Waals surface area contributed by atoms with Gasteiger partial charge in [0.15, 0.2) is 0 Å². The third-order valence-corrected chi connectivity index (χ3v) is 3.41. The van der Waals surface area contributed by atoms with Crippen LogP contribution in [-0.4, -0.2) is 73.1 Å². The lowest BCUT2D eigenvalue weighted by Crippen LogP contribution is -2.66. The molecular weight excluding hydrogens is 252 g/mol. The van der Waals surface area contributed by atoms with Gasteiger partial charge in [0.1, 0.15) is 0 Å². The fraction of sp³-hybridized carbons (Fsp3) is 0.833. The first-order valence-corrected chi connectivity index (χ1v) is 6.35. The number of hydrogen-bond donors (Lipinski definition) is 3. The third-order valence-electron chi connectivity index (χ3n) is 3.41. The summed E-state index contributed by atoms with van der Waals surface area (Å²) in [5, 5.41) is 17.5. The molecule has 104 valence electrons. The van der Waals surface area contributed by atoms with Crippen molar-refractivity contribution >= 4 is 12.4 Å². The van der Waals surface area contributed by atoms with Gasteiger partial charge in [-0.15, -0.1) is 18.3 Å². The van der Waals surface area contributed by atoms with Crippen LogP contribution in [0.1, 0.15) is 6.92 Å². The van der Waals surface area contributed by atoms with Gasteiger partial charge in [0.05, 0.1) is 0 Å². The van der Waals surface area contributed by atoms with Crippen LogP contribution in [0, 0.1) is 11.8 Å². The van der Waals surface area contributed by atoms with Gasteiger partial charge < -0.3 is 15.7 Å². The molecule has 0 amide bonds. The Morgan fingerprint density at radius 3 is 1.67 bits per heavy atom. The summed E-state index contributed by atoms with van der Waals surface area (Å²) < 4.78 is 0. The van der Waals surface area contributed by atoms with Crippen molar-refractivity contribution < 1.29 is 5.11 Å². The van der Waals surface area contributed by atoms with E-state index in [1.54, 1.807) is 6.92 Å². The van der Waals surface area contributed by atoms with Crippen LogP contribution in [0.15, 0.2) is 0 Å². The monoisotopic (exact) mass is 274 g/mol. The van der Waals surface area contributed by atoms with Crippen molar-refractivity contribution in [2.24, 2.45) is 0 Å². The molecule has 0 aromatic rings. The van der Waals surface area contributed by atoms with Crippen LogP contribution in [0.25, 0.3) is 0 Å². The summed E-state index contributed by atoms with van der Waals surface area (Å²) in [6.45, 7) is 8.82. The zero-order valence-electron chi connectivity index (χ0n) is 10.9. The van der Waals surface area contributed by atoms with Gasteiger partial charge >= 0.3 is 0 Å². The Bertz CT molecular complexity index is 285. The van der Waals surface area contributed by atoms with Crippen molar-refractivity contribution in [1.29, 1.82) is 0 Å². The van der Waals surface area contributed by atoms with E-state index in [0.717, 1.165) is 52.4 Å². The largest absolute Gasteiger partial charge is 0.353 e. The Labute approximate surface area is 115 Å². The van der Waals surface area contributed by atoms with Gasteiger partial charge in [0, 0.05) is 52.4 Å². The van der Waals surface area contributed by atoms with Gasteiger partial charge in [-0.1, -0.05) is 0 Å². The topological polar surface area (TPSA) is 50.8 Å². The molecule has 0 aromatic carbocycles. The third kappa shape index (κ3) is 3.35. The molecule has 0 aromatic heterocycles. The van der Waals surface area contributed by atoms with Crippen molar-refractivity contribution in [1.82, 2.24) is 20.4 Å². The molecule has 2 aliphatic heterocycles. The molecule has 2 fully saturated rings. The quantitative estimate of drug-likeness (QED) is 0.558. The molecule has 2 saturated heterocycles. The maximum absolute atomic E-state index is 10.9. The Morgan fingerprint density at radius 1 is 0.944 bits per heavy atom. The van der Waals surface area contributed by atoms with Gasteiger partial charge in [-0.3, -0.25) is 0 Å². The lowest BCUT2D eigenvalue weighted by atomic mass is 10.2. The van der Waals surface area contributed by atoms with Crippen molar-refractivity contribution in [3.8, 4) is 11.8 Å². The molecule has 0 bridgehead atoms. The average Bonchev–Trinajstić information content (AvgIpc) is 2.41. The van der Waals surface area contributed by atoms with Crippen molar-refractivity contribution in [2.75, 3.05) is 52.4 Å².